The van der Waals surface area contributed by atoms with E-state index in [0.29, 0.717) is 0 Å². The van der Waals surface area contributed by atoms with Crippen LogP contribution in [0.1, 0.15) is 19.8 Å². The number of hydrogen-bond acceptors (Lipinski definition) is 5. The van der Waals surface area contributed by atoms with Crippen molar-refractivity contribution in [1.29, 1.82) is 0 Å². The van der Waals surface area contributed by atoms with E-state index >= 15 is 0 Å². The minimum absolute atomic E-state index is 0.764. The monoisotopic (exact) mass is 277 g/mol. The van der Waals surface area contributed by atoms with Crippen molar-refractivity contribution in [2.24, 2.45) is 0 Å². The fourth-order valence-corrected chi connectivity index (χ4v) is 6.55. The lowest BCUT2D eigenvalue weighted by molar-refractivity contribution is -0.00443. The summed E-state index contributed by atoms with van der Waals surface area (Å²) in [6, 6.07) is 0. The molecule has 17 heavy (non-hydrogen) atoms. The molecule has 0 N–H and O–H groups in total. The van der Waals surface area contributed by atoms with Crippen LogP contribution in [-0.4, -0.2) is 64.3 Å². The zero-order valence-corrected chi connectivity index (χ0v) is 12.5. The fraction of sp³-hybridized carbons (Fsp3) is 1.00. The summed E-state index contributed by atoms with van der Waals surface area (Å²) >= 11 is 1.93. The highest BCUT2D eigenvalue weighted by molar-refractivity contribution is 8.00. The molecule has 3 heterocycles. The standard InChI is InChI=1S/C11H23NO3SSi/c1-2-3-10-16-11-17-13-7-4-12(5-8-14-17)6-9-15-17/h2-11H2,1H3. The minimum Gasteiger partial charge on any atom is -0.372 e. The minimum atomic E-state index is -2.34. The molecule has 3 rings (SSSR count). The van der Waals surface area contributed by atoms with Crippen molar-refractivity contribution in [3.63, 3.8) is 0 Å². The lowest BCUT2D eigenvalue weighted by Gasteiger charge is -2.37. The number of hydrogen-bond donors (Lipinski definition) is 0. The van der Waals surface area contributed by atoms with Crippen LogP contribution in [0.15, 0.2) is 0 Å². The maximum Gasteiger partial charge on any atom is 0.511 e. The van der Waals surface area contributed by atoms with E-state index in [1.165, 1.54) is 18.6 Å². The maximum atomic E-state index is 5.95. The van der Waals surface area contributed by atoms with E-state index in [0.717, 1.165) is 44.8 Å². The van der Waals surface area contributed by atoms with Gasteiger partial charge in [-0.3, -0.25) is 4.90 Å². The van der Waals surface area contributed by atoms with Crippen LogP contribution >= 0.6 is 11.8 Å². The second kappa shape index (κ2) is 7.11. The molecule has 0 aromatic rings. The molecule has 6 heteroatoms. The van der Waals surface area contributed by atoms with Gasteiger partial charge < -0.3 is 13.3 Å². The number of rotatable bonds is 5. The number of unbranched alkanes of at least 4 members (excludes halogenated alkanes) is 1. The van der Waals surface area contributed by atoms with Gasteiger partial charge in [-0.25, -0.2) is 0 Å². The van der Waals surface area contributed by atoms with Gasteiger partial charge in [0, 0.05) is 19.6 Å². The van der Waals surface area contributed by atoms with Crippen LogP contribution in [0.5, 0.6) is 0 Å². The molecule has 0 aliphatic carbocycles. The van der Waals surface area contributed by atoms with Crippen molar-refractivity contribution >= 4 is 20.6 Å². The highest BCUT2D eigenvalue weighted by Gasteiger charge is 2.43. The lowest BCUT2D eigenvalue weighted by Crippen LogP contribution is -2.57. The highest BCUT2D eigenvalue weighted by Crippen LogP contribution is 2.21. The van der Waals surface area contributed by atoms with Crippen LogP contribution in [0.25, 0.3) is 0 Å². The Hall–Kier alpha value is 0.407. The molecule has 3 fully saturated rings. The largest absolute Gasteiger partial charge is 0.511 e. The van der Waals surface area contributed by atoms with Crippen molar-refractivity contribution in [1.82, 2.24) is 4.90 Å². The van der Waals surface area contributed by atoms with E-state index < -0.39 is 8.80 Å². The average molecular weight is 277 g/mol. The molecule has 0 unspecified atom stereocenters. The van der Waals surface area contributed by atoms with Gasteiger partial charge in [-0.05, 0) is 12.2 Å². The van der Waals surface area contributed by atoms with Gasteiger partial charge in [0.05, 0.1) is 25.2 Å². The van der Waals surface area contributed by atoms with Crippen LogP contribution in [0.2, 0.25) is 0 Å². The van der Waals surface area contributed by atoms with Crippen molar-refractivity contribution < 1.29 is 13.3 Å². The third-order valence-corrected chi connectivity index (χ3v) is 7.85. The summed E-state index contributed by atoms with van der Waals surface area (Å²) in [7, 11) is -2.34. The van der Waals surface area contributed by atoms with Gasteiger partial charge in [-0.15, -0.1) is 0 Å². The van der Waals surface area contributed by atoms with Crippen LogP contribution in [0.4, 0.5) is 0 Å². The molecule has 3 saturated heterocycles. The van der Waals surface area contributed by atoms with Gasteiger partial charge >= 0.3 is 8.80 Å². The third kappa shape index (κ3) is 4.22. The molecule has 0 aromatic carbocycles. The Morgan fingerprint density at radius 1 is 1.06 bits per heavy atom. The number of fused-ring (bicyclic) bond motifs is 6. The predicted molar refractivity (Wildman–Crippen MR) is 72.3 cm³/mol. The second-order valence-electron chi connectivity index (χ2n) is 4.48. The van der Waals surface area contributed by atoms with Crippen molar-refractivity contribution in [2.45, 2.75) is 19.8 Å². The smallest absolute Gasteiger partial charge is 0.372 e. The molecule has 3 aliphatic rings. The molecular formula is C11H23NO3SSi. The summed E-state index contributed by atoms with van der Waals surface area (Å²) in [4.78, 5) is 2.35. The fourth-order valence-electron chi connectivity index (χ4n) is 2.02. The van der Waals surface area contributed by atoms with Crippen molar-refractivity contribution in [3.8, 4) is 0 Å². The number of nitrogens with zero attached hydrogens (tertiary/aromatic N) is 1. The summed E-state index contributed by atoms with van der Waals surface area (Å²) in [6.45, 7) is 7.60. The Balaban J connectivity index is 1.85. The summed E-state index contributed by atoms with van der Waals surface area (Å²) in [6.07, 6.45) is 2.52. The first-order valence-electron chi connectivity index (χ1n) is 6.57. The van der Waals surface area contributed by atoms with Gasteiger partial charge in [0.25, 0.3) is 0 Å². The Bertz CT molecular complexity index is 206. The lowest BCUT2D eigenvalue weighted by atomic mass is 10.4. The van der Waals surface area contributed by atoms with E-state index in [-0.39, 0.29) is 0 Å². The molecule has 0 radical (unpaired) electrons. The Labute approximate surface area is 109 Å². The topological polar surface area (TPSA) is 30.9 Å². The summed E-state index contributed by atoms with van der Waals surface area (Å²) in [5.41, 5.74) is 0. The second-order valence-corrected chi connectivity index (χ2v) is 8.68. The summed E-state index contributed by atoms with van der Waals surface area (Å²) < 4.78 is 17.9. The molecule has 4 nitrogen and oxygen atoms in total. The zero-order chi connectivity index (χ0) is 12.0. The first-order valence-corrected chi connectivity index (χ1v) is 9.65. The van der Waals surface area contributed by atoms with Crippen LogP contribution in [0.3, 0.4) is 0 Å². The third-order valence-electron chi connectivity index (χ3n) is 3.11. The van der Waals surface area contributed by atoms with Crippen molar-refractivity contribution in [2.75, 3.05) is 50.6 Å². The van der Waals surface area contributed by atoms with Gasteiger partial charge in [-0.2, -0.15) is 11.8 Å². The van der Waals surface area contributed by atoms with Gasteiger partial charge in [-0.1, -0.05) is 13.3 Å². The van der Waals surface area contributed by atoms with Gasteiger partial charge in [0.2, 0.25) is 0 Å². The SMILES string of the molecule is CCCCSC[Si]12OCCN(CCO1)CCO2. The normalized spacial score (nSPS) is 34.1. The van der Waals surface area contributed by atoms with Gasteiger partial charge in [0.15, 0.2) is 0 Å². The molecule has 0 saturated carbocycles. The van der Waals surface area contributed by atoms with Crippen LogP contribution in [-0.2, 0) is 13.3 Å². The Morgan fingerprint density at radius 2 is 1.65 bits per heavy atom. The molecule has 100 valence electrons. The summed E-state index contributed by atoms with van der Waals surface area (Å²) in [5.74, 6) is 1.19. The Morgan fingerprint density at radius 3 is 2.18 bits per heavy atom. The molecule has 0 amide bonds. The average Bonchev–Trinajstić information content (AvgIpc) is 2.25. The maximum absolute atomic E-state index is 5.95. The predicted octanol–water partition coefficient (Wildman–Crippen LogP) is 1.38. The van der Waals surface area contributed by atoms with E-state index in [1.807, 2.05) is 11.8 Å². The first-order chi connectivity index (χ1) is 8.35. The highest BCUT2D eigenvalue weighted by atomic mass is 32.2. The van der Waals surface area contributed by atoms with E-state index in [1.54, 1.807) is 0 Å². The molecule has 0 aromatic heterocycles. The first kappa shape index (κ1) is 13.8. The molecule has 0 atom stereocenters. The van der Waals surface area contributed by atoms with Crippen LogP contribution in [0, 0.1) is 0 Å². The molecule has 2 bridgehead atoms. The van der Waals surface area contributed by atoms with Crippen LogP contribution < -0.4 is 0 Å². The van der Waals surface area contributed by atoms with E-state index in [4.69, 9.17) is 13.3 Å². The summed E-state index contributed by atoms with van der Waals surface area (Å²) in [5, 5.41) is 0.924. The quantitative estimate of drug-likeness (QED) is 0.560. The Kier molecular flexibility index (Phi) is 5.78. The zero-order valence-electron chi connectivity index (χ0n) is 10.7. The molecule has 0 spiro atoms. The molecular weight excluding hydrogens is 254 g/mol. The molecule has 3 aliphatic heterocycles. The van der Waals surface area contributed by atoms with Gasteiger partial charge in [0.1, 0.15) is 0 Å². The van der Waals surface area contributed by atoms with Crippen molar-refractivity contribution in [3.05, 3.63) is 0 Å². The number of thioether (sulfide) groups is 1. The van der Waals surface area contributed by atoms with E-state index in [9.17, 15) is 0 Å². The van der Waals surface area contributed by atoms with E-state index in [2.05, 4.69) is 11.8 Å².